The first-order valence-corrected chi connectivity index (χ1v) is 7.10. The van der Waals surface area contributed by atoms with Crippen LogP contribution in [0.3, 0.4) is 0 Å². The zero-order chi connectivity index (χ0) is 15.2. The lowest BCUT2D eigenvalue weighted by Crippen LogP contribution is -2.41. The number of halogens is 2. The number of benzene rings is 2. The van der Waals surface area contributed by atoms with Crippen LogP contribution in [0.5, 0.6) is 0 Å². The molecule has 0 unspecified atom stereocenters. The van der Waals surface area contributed by atoms with Crippen molar-refractivity contribution in [2.75, 3.05) is 5.43 Å². The van der Waals surface area contributed by atoms with Gasteiger partial charge in [-0.15, -0.1) is 0 Å². The summed E-state index contributed by atoms with van der Waals surface area (Å²) in [4.78, 5) is 12.0. The smallest absolute Gasteiger partial charge is 0.257 e. The monoisotopic (exact) mass is 339 g/mol. The third kappa shape index (κ3) is 4.60. The molecule has 0 radical (unpaired) electrons. The minimum absolute atomic E-state index is 0.148. The molecule has 1 amide bonds. The van der Waals surface area contributed by atoms with Gasteiger partial charge in [0.2, 0.25) is 0 Å². The number of carbonyl (C=O) groups is 1. The van der Waals surface area contributed by atoms with Gasteiger partial charge in [-0.3, -0.25) is 21.0 Å². The van der Waals surface area contributed by atoms with E-state index in [2.05, 4.69) is 16.2 Å². The van der Waals surface area contributed by atoms with Crippen molar-refractivity contribution >= 4 is 52.1 Å². The number of hydrazine groups is 1. The van der Waals surface area contributed by atoms with Crippen molar-refractivity contribution in [3.63, 3.8) is 0 Å². The van der Waals surface area contributed by atoms with Gasteiger partial charge in [-0.25, -0.2) is 0 Å². The largest absolute Gasteiger partial charge is 0.299 e. The Labute approximate surface area is 137 Å². The fourth-order valence-electron chi connectivity index (χ4n) is 1.49. The Morgan fingerprint density at radius 3 is 2.38 bits per heavy atom. The molecule has 0 heterocycles. The van der Waals surface area contributed by atoms with Gasteiger partial charge in [0, 0.05) is 5.56 Å². The molecule has 2 aromatic rings. The van der Waals surface area contributed by atoms with E-state index in [0.717, 1.165) is 5.69 Å². The molecule has 0 aromatic heterocycles. The zero-order valence-electron chi connectivity index (χ0n) is 10.7. The fraction of sp³-hybridized carbons (Fsp3) is 0. The van der Waals surface area contributed by atoms with E-state index >= 15 is 0 Å². The van der Waals surface area contributed by atoms with Gasteiger partial charge in [0.15, 0.2) is 5.11 Å². The Hall–Kier alpha value is -1.82. The molecule has 0 fully saturated rings. The van der Waals surface area contributed by atoms with Crippen molar-refractivity contribution in [2.24, 2.45) is 0 Å². The highest BCUT2D eigenvalue weighted by atomic mass is 35.5. The Bertz CT molecular complexity index is 665. The van der Waals surface area contributed by atoms with Gasteiger partial charge in [0.05, 0.1) is 15.7 Å². The number of nitrogens with one attached hydrogen (secondary N) is 3. The van der Waals surface area contributed by atoms with E-state index in [4.69, 9.17) is 35.4 Å². The molecular weight excluding hydrogens is 329 g/mol. The second-order valence-corrected chi connectivity index (χ2v) is 5.25. The lowest BCUT2D eigenvalue weighted by Gasteiger charge is -2.11. The minimum Gasteiger partial charge on any atom is -0.299 e. The van der Waals surface area contributed by atoms with E-state index in [-0.39, 0.29) is 11.0 Å². The van der Waals surface area contributed by atoms with Crippen molar-refractivity contribution in [1.29, 1.82) is 0 Å². The van der Waals surface area contributed by atoms with E-state index in [1.807, 2.05) is 30.3 Å². The van der Waals surface area contributed by atoms with Crippen LogP contribution < -0.4 is 16.2 Å². The zero-order valence-corrected chi connectivity index (χ0v) is 13.0. The van der Waals surface area contributed by atoms with Crippen LogP contribution in [-0.4, -0.2) is 11.0 Å². The van der Waals surface area contributed by atoms with Gasteiger partial charge in [0.1, 0.15) is 0 Å². The summed E-state index contributed by atoms with van der Waals surface area (Å²) in [5.41, 5.74) is 6.78. The third-order valence-corrected chi connectivity index (χ3v) is 3.45. The predicted molar refractivity (Wildman–Crippen MR) is 89.7 cm³/mol. The molecule has 7 heteroatoms. The molecule has 0 saturated carbocycles. The summed E-state index contributed by atoms with van der Waals surface area (Å²) in [6.07, 6.45) is 0. The van der Waals surface area contributed by atoms with Crippen LogP contribution in [0.15, 0.2) is 48.5 Å². The summed E-state index contributed by atoms with van der Waals surface area (Å²) in [7, 11) is 0. The van der Waals surface area contributed by atoms with Crippen molar-refractivity contribution in [2.45, 2.75) is 0 Å². The highest BCUT2D eigenvalue weighted by molar-refractivity contribution is 7.80. The maximum absolute atomic E-state index is 12.0. The lowest BCUT2D eigenvalue weighted by atomic mass is 10.2. The van der Waals surface area contributed by atoms with Crippen LogP contribution in [0.2, 0.25) is 10.0 Å². The molecule has 0 saturated heterocycles. The number of thiocarbonyl (C=S) groups is 1. The summed E-state index contributed by atoms with van der Waals surface area (Å²) in [6, 6.07) is 14.0. The molecule has 2 rings (SSSR count). The van der Waals surface area contributed by atoms with Crippen LogP contribution in [0.25, 0.3) is 0 Å². The first kappa shape index (κ1) is 15.6. The number of rotatable bonds is 3. The number of para-hydroxylation sites is 1. The van der Waals surface area contributed by atoms with Gasteiger partial charge in [-0.1, -0.05) is 41.4 Å². The summed E-state index contributed by atoms with van der Waals surface area (Å²) in [5.74, 6) is -0.374. The van der Waals surface area contributed by atoms with Gasteiger partial charge in [-0.05, 0) is 42.5 Å². The Morgan fingerprint density at radius 2 is 1.71 bits per heavy atom. The first-order valence-electron chi connectivity index (χ1n) is 5.93. The summed E-state index contributed by atoms with van der Waals surface area (Å²) in [5, 5.41) is 3.38. The average molecular weight is 340 g/mol. The summed E-state index contributed by atoms with van der Waals surface area (Å²) in [6.45, 7) is 0. The Morgan fingerprint density at radius 1 is 1.00 bits per heavy atom. The van der Waals surface area contributed by atoms with Gasteiger partial charge >= 0.3 is 0 Å². The van der Waals surface area contributed by atoms with E-state index in [0.29, 0.717) is 15.6 Å². The number of hydrogen-bond donors (Lipinski definition) is 3. The van der Waals surface area contributed by atoms with Crippen molar-refractivity contribution < 1.29 is 4.79 Å². The predicted octanol–water partition coefficient (Wildman–Crippen LogP) is 3.62. The molecule has 0 aliphatic carbocycles. The van der Waals surface area contributed by atoms with Gasteiger partial charge in [0.25, 0.3) is 5.91 Å². The van der Waals surface area contributed by atoms with Crippen LogP contribution in [-0.2, 0) is 0 Å². The first-order chi connectivity index (χ1) is 10.1. The third-order valence-electron chi connectivity index (χ3n) is 2.50. The van der Waals surface area contributed by atoms with Crippen LogP contribution in [0.1, 0.15) is 10.4 Å². The van der Waals surface area contributed by atoms with Crippen LogP contribution in [0.4, 0.5) is 5.69 Å². The van der Waals surface area contributed by atoms with Gasteiger partial charge in [-0.2, -0.15) is 0 Å². The molecule has 21 heavy (non-hydrogen) atoms. The molecule has 0 spiro atoms. The SMILES string of the molecule is O=C(NC(=S)NNc1ccccc1)c1ccc(Cl)c(Cl)c1. The molecule has 2 aromatic carbocycles. The van der Waals surface area contributed by atoms with Crippen molar-refractivity contribution in [3.05, 3.63) is 64.1 Å². The maximum Gasteiger partial charge on any atom is 0.257 e. The minimum atomic E-state index is -0.374. The molecule has 0 bridgehead atoms. The topological polar surface area (TPSA) is 53.2 Å². The average Bonchev–Trinajstić information content (AvgIpc) is 2.49. The molecule has 3 N–H and O–H groups in total. The number of amides is 1. The normalized spacial score (nSPS) is 9.81. The Kier molecular flexibility index (Phi) is 5.38. The molecule has 0 aliphatic rings. The van der Waals surface area contributed by atoms with Crippen molar-refractivity contribution in [1.82, 2.24) is 10.7 Å². The molecule has 0 aliphatic heterocycles. The number of carbonyl (C=O) groups excluding carboxylic acids is 1. The molecular formula is C14H11Cl2N3OS. The van der Waals surface area contributed by atoms with Crippen LogP contribution in [0, 0.1) is 0 Å². The lowest BCUT2D eigenvalue weighted by molar-refractivity contribution is 0.0977. The van der Waals surface area contributed by atoms with Crippen molar-refractivity contribution in [3.8, 4) is 0 Å². The second kappa shape index (κ2) is 7.26. The van der Waals surface area contributed by atoms with Crippen LogP contribution >= 0.6 is 35.4 Å². The van der Waals surface area contributed by atoms with E-state index in [9.17, 15) is 4.79 Å². The van der Waals surface area contributed by atoms with Gasteiger partial charge < -0.3 is 0 Å². The molecule has 4 nitrogen and oxygen atoms in total. The fourth-order valence-corrected chi connectivity index (χ4v) is 1.94. The molecule has 0 atom stereocenters. The standard InChI is InChI=1S/C14H11Cl2N3OS/c15-11-7-6-9(8-12(11)16)13(20)17-14(21)19-18-10-4-2-1-3-5-10/h1-8,18H,(H2,17,19,20,21). The van der Waals surface area contributed by atoms with E-state index < -0.39 is 0 Å². The summed E-state index contributed by atoms with van der Waals surface area (Å²) < 4.78 is 0. The highest BCUT2D eigenvalue weighted by Gasteiger charge is 2.09. The quantitative estimate of drug-likeness (QED) is 0.590. The number of anilines is 1. The number of hydrogen-bond acceptors (Lipinski definition) is 3. The highest BCUT2D eigenvalue weighted by Crippen LogP contribution is 2.22. The van der Waals surface area contributed by atoms with E-state index in [1.165, 1.54) is 6.07 Å². The maximum atomic E-state index is 12.0. The molecule has 108 valence electrons. The van der Waals surface area contributed by atoms with E-state index in [1.54, 1.807) is 12.1 Å². The second-order valence-electron chi connectivity index (χ2n) is 4.03. The summed E-state index contributed by atoms with van der Waals surface area (Å²) >= 11 is 16.7. The Balaban J connectivity index is 1.90.